The Kier molecular flexibility index (Phi) is 7.02. The summed E-state index contributed by atoms with van der Waals surface area (Å²) in [5, 5.41) is 3.30. The third-order valence-electron chi connectivity index (χ3n) is 5.51. The minimum atomic E-state index is -0.779. The molecule has 0 unspecified atom stereocenters. The summed E-state index contributed by atoms with van der Waals surface area (Å²) in [6, 6.07) is 8.58. The van der Waals surface area contributed by atoms with E-state index in [0.29, 0.717) is 22.2 Å². The van der Waals surface area contributed by atoms with E-state index in [1.54, 1.807) is 31.2 Å². The van der Waals surface area contributed by atoms with Gasteiger partial charge in [0, 0.05) is 37.4 Å². The van der Waals surface area contributed by atoms with Gasteiger partial charge in [0.05, 0.1) is 15.3 Å². The molecule has 0 bridgehead atoms. The third kappa shape index (κ3) is 5.27. The standard InChI is InChI=1S/C24H21Cl2N3O5S/c1-11(30)29(15-7-8-15)10-13-3-5-14(6-4-13)23(33)28-24-18(22(27)32)16-9-17(25)20(34-12(2)31)19(26)21(16)35-24/h3-6,9,15H,7-8,10H2,1-2H3,(H2,27,32)(H,28,33). The Morgan fingerprint density at radius 1 is 1.14 bits per heavy atom. The lowest BCUT2D eigenvalue weighted by molar-refractivity contribution is -0.132. The van der Waals surface area contributed by atoms with Crippen LogP contribution in [0.5, 0.6) is 5.75 Å². The number of benzene rings is 2. The van der Waals surface area contributed by atoms with Crippen molar-refractivity contribution in [3.05, 3.63) is 57.1 Å². The normalized spacial score (nSPS) is 12.9. The number of nitrogens with two attached hydrogens (primary N) is 1. The highest BCUT2D eigenvalue weighted by atomic mass is 35.5. The molecule has 1 heterocycles. The summed E-state index contributed by atoms with van der Waals surface area (Å²) in [4.78, 5) is 50.3. The van der Waals surface area contributed by atoms with E-state index < -0.39 is 17.8 Å². The van der Waals surface area contributed by atoms with Crippen molar-refractivity contribution in [3.63, 3.8) is 0 Å². The van der Waals surface area contributed by atoms with Gasteiger partial charge in [-0.05, 0) is 36.6 Å². The molecule has 3 aromatic rings. The van der Waals surface area contributed by atoms with Crippen molar-refractivity contribution in [2.45, 2.75) is 39.3 Å². The van der Waals surface area contributed by atoms with Crippen molar-refractivity contribution in [1.29, 1.82) is 0 Å². The van der Waals surface area contributed by atoms with E-state index in [9.17, 15) is 19.2 Å². The lowest BCUT2D eigenvalue weighted by Crippen LogP contribution is -2.30. The second-order valence-electron chi connectivity index (χ2n) is 8.17. The number of carbonyl (C=O) groups excluding carboxylic acids is 4. The van der Waals surface area contributed by atoms with Crippen LogP contribution in [0.15, 0.2) is 30.3 Å². The molecule has 0 atom stereocenters. The SMILES string of the molecule is CC(=O)Oc1c(Cl)cc2c(C(N)=O)c(NC(=O)c3ccc(CN(C(C)=O)C4CC4)cc3)sc2c1Cl. The van der Waals surface area contributed by atoms with Gasteiger partial charge >= 0.3 is 5.97 Å². The van der Waals surface area contributed by atoms with E-state index in [1.165, 1.54) is 13.0 Å². The van der Waals surface area contributed by atoms with Crippen molar-refractivity contribution in [1.82, 2.24) is 4.90 Å². The van der Waals surface area contributed by atoms with Crippen LogP contribution in [-0.4, -0.2) is 34.6 Å². The molecule has 4 rings (SSSR count). The zero-order valence-corrected chi connectivity index (χ0v) is 21.1. The van der Waals surface area contributed by atoms with Crippen molar-refractivity contribution >= 4 is 73.3 Å². The van der Waals surface area contributed by atoms with E-state index in [2.05, 4.69) is 5.32 Å². The second kappa shape index (κ2) is 9.85. The second-order valence-corrected chi connectivity index (χ2v) is 9.98. The first-order valence-electron chi connectivity index (χ1n) is 10.7. The maximum atomic E-state index is 12.9. The number of hydrogen-bond acceptors (Lipinski definition) is 6. The molecule has 3 amide bonds. The summed E-state index contributed by atoms with van der Waals surface area (Å²) in [6.45, 7) is 3.24. The molecule has 0 radical (unpaired) electrons. The number of fused-ring (bicyclic) bond motifs is 1. The minimum Gasteiger partial charge on any atom is -0.423 e. The number of primary amides is 1. The molecule has 182 valence electrons. The highest BCUT2D eigenvalue weighted by Crippen LogP contribution is 2.46. The zero-order valence-electron chi connectivity index (χ0n) is 18.8. The zero-order chi connectivity index (χ0) is 25.4. The highest BCUT2D eigenvalue weighted by molar-refractivity contribution is 7.24. The summed E-state index contributed by atoms with van der Waals surface area (Å²) < 4.78 is 5.48. The average molecular weight is 534 g/mol. The molecule has 11 heteroatoms. The fraction of sp³-hybridized carbons (Fsp3) is 0.250. The molecule has 0 spiro atoms. The van der Waals surface area contributed by atoms with Gasteiger partial charge in [0.25, 0.3) is 11.8 Å². The molecule has 8 nitrogen and oxygen atoms in total. The number of amides is 3. The highest BCUT2D eigenvalue weighted by Gasteiger charge is 2.30. The van der Waals surface area contributed by atoms with Gasteiger partial charge in [-0.25, -0.2) is 0 Å². The van der Waals surface area contributed by atoms with Gasteiger partial charge in [-0.1, -0.05) is 35.3 Å². The molecule has 0 aliphatic heterocycles. The van der Waals surface area contributed by atoms with Crippen LogP contribution in [0.3, 0.4) is 0 Å². The van der Waals surface area contributed by atoms with E-state index >= 15 is 0 Å². The Labute approximate surface area is 214 Å². The van der Waals surface area contributed by atoms with Gasteiger partial charge < -0.3 is 20.7 Å². The van der Waals surface area contributed by atoms with Gasteiger partial charge in [0.1, 0.15) is 10.0 Å². The first-order valence-corrected chi connectivity index (χ1v) is 12.2. The predicted octanol–water partition coefficient (Wildman–Crippen LogP) is 5.00. The molecule has 1 aromatic heterocycles. The maximum absolute atomic E-state index is 12.9. The average Bonchev–Trinajstić information content (AvgIpc) is 3.56. The van der Waals surface area contributed by atoms with Gasteiger partial charge in [-0.15, -0.1) is 11.3 Å². The van der Waals surface area contributed by atoms with Crippen LogP contribution < -0.4 is 15.8 Å². The van der Waals surface area contributed by atoms with E-state index in [1.807, 2.05) is 4.90 Å². The quantitative estimate of drug-likeness (QED) is 0.327. The summed E-state index contributed by atoms with van der Waals surface area (Å²) in [7, 11) is 0. The Morgan fingerprint density at radius 3 is 2.34 bits per heavy atom. The lowest BCUT2D eigenvalue weighted by atomic mass is 10.1. The monoisotopic (exact) mass is 533 g/mol. The molecular weight excluding hydrogens is 513 g/mol. The largest absolute Gasteiger partial charge is 0.423 e. The van der Waals surface area contributed by atoms with Crippen molar-refractivity contribution < 1.29 is 23.9 Å². The number of anilines is 1. The molecule has 1 saturated carbocycles. The van der Waals surface area contributed by atoms with Crippen molar-refractivity contribution in [3.8, 4) is 5.75 Å². The lowest BCUT2D eigenvalue weighted by Gasteiger charge is -2.20. The molecule has 2 aromatic carbocycles. The number of rotatable bonds is 7. The number of carbonyl (C=O) groups is 4. The summed E-state index contributed by atoms with van der Waals surface area (Å²) >= 11 is 13.6. The van der Waals surface area contributed by atoms with Gasteiger partial charge in [-0.3, -0.25) is 19.2 Å². The van der Waals surface area contributed by atoms with Crippen LogP contribution in [0.4, 0.5) is 5.00 Å². The summed E-state index contributed by atoms with van der Waals surface area (Å²) in [5.74, 6) is -1.86. The first-order chi connectivity index (χ1) is 16.6. The molecule has 0 saturated heterocycles. The topological polar surface area (TPSA) is 119 Å². The van der Waals surface area contributed by atoms with E-state index in [-0.39, 0.29) is 38.3 Å². The van der Waals surface area contributed by atoms with Gasteiger partial charge in [-0.2, -0.15) is 0 Å². The fourth-order valence-electron chi connectivity index (χ4n) is 3.73. The number of nitrogens with one attached hydrogen (secondary N) is 1. The summed E-state index contributed by atoms with van der Waals surface area (Å²) in [6.07, 6.45) is 2.02. The van der Waals surface area contributed by atoms with E-state index in [4.69, 9.17) is 33.7 Å². The van der Waals surface area contributed by atoms with Gasteiger partial charge in [0.15, 0.2) is 5.75 Å². The molecule has 1 aliphatic carbocycles. The van der Waals surface area contributed by atoms with Crippen LogP contribution in [0.25, 0.3) is 10.1 Å². The first kappa shape index (κ1) is 25.0. The Hall–Kier alpha value is -3.14. The number of esters is 1. The molecule has 1 aliphatic rings. The van der Waals surface area contributed by atoms with Crippen molar-refractivity contribution in [2.24, 2.45) is 5.73 Å². The molecule has 1 fully saturated rings. The van der Waals surface area contributed by atoms with Crippen LogP contribution in [0.1, 0.15) is 53.0 Å². The van der Waals surface area contributed by atoms with Crippen LogP contribution in [-0.2, 0) is 16.1 Å². The fourth-order valence-corrected chi connectivity index (χ4v) is 5.49. The van der Waals surface area contributed by atoms with E-state index in [0.717, 1.165) is 29.7 Å². The number of hydrogen-bond donors (Lipinski definition) is 2. The molecule has 35 heavy (non-hydrogen) atoms. The number of halogens is 2. The third-order valence-corrected chi connectivity index (χ3v) is 7.40. The minimum absolute atomic E-state index is 0.0219. The molecular formula is C24H21Cl2N3O5S. The molecule has 3 N–H and O–H groups in total. The van der Waals surface area contributed by atoms with Crippen LogP contribution >= 0.6 is 34.5 Å². The van der Waals surface area contributed by atoms with Crippen LogP contribution in [0.2, 0.25) is 10.0 Å². The predicted molar refractivity (Wildman–Crippen MR) is 135 cm³/mol. The Balaban J connectivity index is 1.61. The summed E-state index contributed by atoms with van der Waals surface area (Å²) in [5.41, 5.74) is 6.90. The Bertz CT molecular complexity index is 1370. The van der Waals surface area contributed by atoms with Crippen LogP contribution in [0, 0.1) is 0 Å². The number of nitrogens with zero attached hydrogens (tertiary/aromatic N) is 1. The van der Waals surface area contributed by atoms with Gasteiger partial charge in [0.2, 0.25) is 5.91 Å². The smallest absolute Gasteiger partial charge is 0.308 e. The number of ether oxygens (including phenoxy) is 1. The van der Waals surface area contributed by atoms with Crippen molar-refractivity contribution in [2.75, 3.05) is 5.32 Å². The maximum Gasteiger partial charge on any atom is 0.308 e. The Morgan fingerprint density at radius 2 is 1.80 bits per heavy atom. The number of thiophene rings is 1.